The van der Waals surface area contributed by atoms with E-state index < -0.39 is 17.7 Å². The van der Waals surface area contributed by atoms with E-state index in [-0.39, 0.29) is 6.54 Å². The lowest BCUT2D eigenvalue weighted by Gasteiger charge is -2.08. The summed E-state index contributed by atoms with van der Waals surface area (Å²) in [6.07, 6.45) is -0.244. The topological polar surface area (TPSA) is 64.3 Å². The van der Waals surface area contributed by atoms with Crippen LogP contribution in [0, 0.1) is 0 Å². The van der Waals surface area contributed by atoms with Crippen LogP contribution in [0.2, 0.25) is 0 Å². The van der Waals surface area contributed by atoms with Gasteiger partial charge in [0.05, 0.1) is 24.4 Å². The molecule has 1 aromatic heterocycles. The molecule has 140 valence electrons. The molecule has 5 nitrogen and oxygen atoms in total. The van der Waals surface area contributed by atoms with E-state index >= 15 is 0 Å². The number of nitrogens with zero attached hydrogens (tertiary/aromatic N) is 2. The molecule has 2 aromatic rings. The second kappa shape index (κ2) is 8.55. The van der Waals surface area contributed by atoms with Gasteiger partial charge in [-0.3, -0.25) is 4.68 Å². The van der Waals surface area contributed by atoms with E-state index in [4.69, 9.17) is 9.84 Å². The first-order valence-corrected chi connectivity index (χ1v) is 8.07. The average Bonchev–Trinajstić information content (AvgIpc) is 2.94. The van der Waals surface area contributed by atoms with Crippen LogP contribution in [0.3, 0.4) is 0 Å². The van der Waals surface area contributed by atoms with Gasteiger partial charge in [0, 0.05) is 12.1 Å². The van der Waals surface area contributed by atoms with Crippen molar-refractivity contribution in [1.82, 2.24) is 9.78 Å². The quantitative estimate of drug-likeness (QED) is 0.560. The summed E-state index contributed by atoms with van der Waals surface area (Å²) in [7, 11) is 0. The smallest absolute Gasteiger partial charge is 0.416 e. The Morgan fingerprint density at radius 3 is 2.58 bits per heavy atom. The normalized spacial score (nSPS) is 11.8. The van der Waals surface area contributed by atoms with Gasteiger partial charge >= 0.3 is 12.1 Å². The zero-order chi connectivity index (χ0) is 19.2. The van der Waals surface area contributed by atoms with E-state index in [1.165, 1.54) is 22.9 Å². The van der Waals surface area contributed by atoms with Gasteiger partial charge in [0.2, 0.25) is 5.88 Å². The van der Waals surface area contributed by atoms with Crippen LogP contribution in [-0.4, -0.2) is 27.5 Å². The highest BCUT2D eigenvalue weighted by atomic mass is 19.4. The third-order valence-corrected chi connectivity index (χ3v) is 3.55. The lowest BCUT2D eigenvalue weighted by Crippen LogP contribution is -2.07. The molecule has 0 unspecified atom stereocenters. The van der Waals surface area contributed by atoms with Gasteiger partial charge in [0.15, 0.2) is 0 Å². The van der Waals surface area contributed by atoms with Crippen LogP contribution in [0.25, 0.3) is 6.08 Å². The molecule has 0 spiro atoms. The van der Waals surface area contributed by atoms with E-state index in [1.807, 2.05) is 6.92 Å². The second-order valence-electron chi connectivity index (χ2n) is 5.63. The number of benzene rings is 1. The van der Waals surface area contributed by atoms with Crippen LogP contribution in [0.5, 0.6) is 5.88 Å². The minimum absolute atomic E-state index is 0.189. The molecular formula is C18H19F3N2O3. The first-order chi connectivity index (χ1) is 12.3. The number of carboxylic acids is 1. The number of ether oxygens (including phenoxy) is 1. The molecule has 1 heterocycles. The fourth-order valence-corrected chi connectivity index (χ4v) is 2.19. The van der Waals surface area contributed by atoms with Crippen molar-refractivity contribution in [2.75, 3.05) is 6.61 Å². The van der Waals surface area contributed by atoms with E-state index in [1.54, 1.807) is 6.07 Å². The molecular weight excluding hydrogens is 349 g/mol. The van der Waals surface area contributed by atoms with E-state index in [9.17, 15) is 18.0 Å². The number of aromatic nitrogens is 2. The first kappa shape index (κ1) is 19.6. The summed E-state index contributed by atoms with van der Waals surface area (Å²) in [6.45, 7) is 2.69. The largest absolute Gasteiger partial charge is 0.478 e. The fourth-order valence-electron chi connectivity index (χ4n) is 2.19. The van der Waals surface area contributed by atoms with Crippen molar-refractivity contribution in [2.24, 2.45) is 0 Å². The van der Waals surface area contributed by atoms with Crippen molar-refractivity contribution in [3.05, 3.63) is 53.2 Å². The summed E-state index contributed by atoms with van der Waals surface area (Å²) in [5, 5.41) is 13.0. The predicted molar refractivity (Wildman–Crippen MR) is 89.8 cm³/mol. The van der Waals surface area contributed by atoms with Crippen molar-refractivity contribution in [2.45, 2.75) is 32.5 Å². The van der Waals surface area contributed by atoms with Crippen LogP contribution in [-0.2, 0) is 17.5 Å². The fraction of sp³-hybridized carbons (Fsp3) is 0.333. The van der Waals surface area contributed by atoms with E-state index in [2.05, 4.69) is 5.10 Å². The van der Waals surface area contributed by atoms with Crippen LogP contribution in [0.4, 0.5) is 13.2 Å². The Bertz CT molecular complexity index is 765. The van der Waals surface area contributed by atoms with Gasteiger partial charge in [0.25, 0.3) is 0 Å². The molecule has 0 aliphatic heterocycles. The molecule has 8 heteroatoms. The highest BCUT2D eigenvalue weighted by Gasteiger charge is 2.29. The maximum atomic E-state index is 12.6. The van der Waals surface area contributed by atoms with E-state index in [0.29, 0.717) is 23.7 Å². The summed E-state index contributed by atoms with van der Waals surface area (Å²) in [6, 6.07) is 6.34. The molecule has 26 heavy (non-hydrogen) atoms. The Morgan fingerprint density at radius 2 is 2.00 bits per heavy atom. The number of aliphatic carboxylic acids is 1. The molecule has 2 rings (SSSR count). The number of hydrogen-bond acceptors (Lipinski definition) is 3. The number of alkyl halides is 3. The number of halogens is 3. The van der Waals surface area contributed by atoms with Gasteiger partial charge in [-0.2, -0.15) is 13.2 Å². The maximum Gasteiger partial charge on any atom is 0.416 e. The molecule has 1 aromatic carbocycles. The van der Waals surface area contributed by atoms with Crippen LogP contribution < -0.4 is 4.74 Å². The highest BCUT2D eigenvalue weighted by Crippen LogP contribution is 2.29. The van der Waals surface area contributed by atoms with Crippen molar-refractivity contribution in [3.8, 4) is 5.88 Å². The van der Waals surface area contributed by atoms with Gasteiger partial charge in [-0.05, 0) is 30.2 Å². The van der Waals surface area contributed by atoms with Gasteiger partial charge in [-0.1, -0.05) is 25.5 Å². The number of unbranched alkanes of at least 4 members (excludes halogenated alkanes) is 1. The Morgan fingerprint density at radius 1 is 1.31 bits per heavy atom. The van der Waals surface area contributed by atoms with Crippen molar-refractivity contribution < 1.29 is 27.8 Å². The predicted octanol–water partition coefficient (Wildman–Crippen LogP) is 4.23. The zero-order valence-electron chi connectivity index (χ0n) is 14.2. The molecule has 0 saturated carbocycles. The summed E-state index contributed by atoms with van der Waals surface area (Å²) in [5.74, 6) is -0.767. The lowest BCUT2D eigenvalue weighted by atomic mass is 10.1. The summed E-state index contributed by atoms with van der Waals surface area (Å²) < 4.78 is 44.9. The minimum Gasteiger partial charge on any atom is -0.478 e. The van der Waals surface area contributed by atoms with Gasteiger partial charge in [-0.25, -0.2) is 4.79 Å². The Balaban J connectivity index is 2.21. The minimum atomic E-state index is -4.39. The number of carboxylic acid groups (broad SMARTS) is 1. The first-order valence-electron chi connectivity index (χ1n) is 8.07. The van der Waals surface area contributed by atoms with Gasteiger partial charge < -0.3 is 9.84 Å². The Labute approximate surface area is 148 Å². The number of rotatable bonds is 8. The zero-order valence-corrected chi connectivity index (χ0v) is 14.2. The van der Waals surface area contributed by atoms with Crippen LogP contribution >= 0.6 is 0 Å². The van der Waals surface area contributed by atoms with Crippen molar-refractivity contribution >= 4 is 12.0 Å². The average molecular weight is 368 g/mol. The summed E-state index contributed by atoms with van der Waals surface area (Å²) in [4.78, 5) is 10.7. The monoisotopic (exact) mass is 368 g/mol. The standard InChI is InChI=1S/C18H19F3N2O3/c1-2-3-10-26-16-11-15(8-9-17(24)25)23(22-16)12-13-4-6-14(7-5-13)18(19,20)21/h4-9,11H,2-3,10,12H2,1H3,(H,24,25)/b9-8+. The molecule has 0 atom stereocenters. The Hall–Kier alpha value is -2.77. The maximum absolute atomic E-state index is 12.6. The van der Waals surface area contributed by atoms with Crippen molar-refractivity contribution in [3.63, 3.8) is 0 Å². The highest BCUT2D eigenvalue weighted by molar-refractivity contribution is 5.85. The second-order valence-corrected chi connectivity index (χ2v) is 5.63. The lowest BCUT2D eigenvalue weighted by molar-refractivity contribution is -0.137. The molecule has 0 amide bonds. The van der Waals surface area contributed by atoms with Crippen LogP contribution in [0.15, 0.2) is 36.4 Å². The molecule has 0 bridgehead atoms. The van der Waals surface area contributed by atoms with Crippen molar-refractivity contribution in [1.29, 1.82) is 0 Å². The molecule has 0 saturated heterocycles. The number of hydrogen-bond donors (Lipinski definition) is 1. The molecule has 0 radical (unpaired) electrons. The molecule has 1 N–H and O–H groups in total. The third-order valence-electron chi connectivity index (χ3n) is 3.55. The third kappa shape index (κ3) is 5.65. The molecule has 0 fully saturated rings. The van der Waals surface area contributed by atoms with Gasteiger partial charge in [0.1, 0.15) is 0 Å². The Kier molecular flexibility index (Phi) is 6.43. The summed E-state index contributed by atoms with van der Waals surface area (Å²) in [5.41, 5.74) is 0.362. The molecule has 0 aliphatic carbocycles. The van der Waals surface area contributed by atoms with E-state index in [0.717, 1.165) is 31.1 Å². The number of carbonyl (C=O) groups is 1. The molecule has 0 aliphatic rings. The van der Waals surface area contributed by atoms with Crippen LogP contribution in [0.1, 0.15) is 36.6 Å². The SMILES string of the molecule is CCCCOc1cc(/C=C/C(=O)O)n(Cc2ccc(C(F)(F)F)cc2)n1. The van der Waals surface area contributed by atoms with Gasteiger partial charge in [-0.15, -0.1) is 5.10 Å². The summed E-state index contributed by atoms with van der Waals surface area (Å²) >= 11 is 0.